The predicted octanol–water partition coefficient (Wildman–Crippen LogP) is 5.28. The van der Waals surface area contributed by atoms with Gasteiger partial charge in [0.1, 0.15) is 11.6 Å². The van der Waals surface area contributed by atoms with Crippen molar-refractivity contribution in [3.63, 3.8) is 0 Å². The van der Waals surface area contributed by atoms with Crippen molar-refractivity contribution in [1.29, 1.82) is 0 Å². The molecule has 2 amide bonds. The summed E-state index contributed by atoms with van der Waals surface area (Å²) in [5, 5.41) is 6.38. The lowest BCUT2D eigenvalue weighted by atomic mass is 9.99. The fraction of sp³-hybridized carbons (Fsp3) is 0.393. The summed E-state index contributed by atoms with van der Waals surface area (Å²) < 4.78 is 13.9. The van der Waals surface area contributed by atoms with Crippen LogP contribution in [0.1, 0.15) is 48.9 Å². The molecule has 2 N–H and O–H groups in total. The molecule has 2 aliphatic rings. The molecule has 2 aromatic carbocycles. The molecule has 3 heterocycles. The van der Waals surface area contributed by atoms with E-state index in [1.165, 1.54) is 38.1 Å². The summed E-state index contributed by atoms with van der Waals surface area (Å²) in [6.07, 6.45) is 3.54. The van der Waals surface area contributed by atoms with Crippen molar-refractivity contribution < 1.29 is 9.18 Å². The van der Waals surface area contributed by atoms with E-state index < -0.39 is 0 Å². The normalized spacial score (nSPS) is 16.5. The Morgan fingerprint density at radius 1 is 1.11 bits per heavy atom. The Morgan fingerprint density at radius 3 is 2.64 bits per heavy atom. The molecule has 36 heavy (non-hydrogen) atoms. The molecule has 0 spiro atoms. The highest BCUT2D eigenvalue weighted by Crippen LogP contribution is 2.37. The number of likely N-dealkylation sites (tertiary alicyclic amines) is 1. The van der Waals surface area contributed by atoms with Gasteiger partial charge in [-0.3, -0.25) is 4.90 Å². The largest absolute Gasteiger partial charge is 0.354 e. The Balaban J connectivity index is 1.51. The van der Waals surface area contributed by atoms with Gasteiger partial charge in [0.2, 0.25) is 5.95 Å². The number of benzene rings is 2. The van der Waals surface area contributed by atoms with Gasteiger partial charge in [0.15, 0.2) is 0 Å². The van der Waals surface area contributed by atoms with E-state index in [1.807, 2.05) is 44.2 Å². The molecule has 1 aromatic heterocycles. The van der Waals surface area contributed by atoms with Gasteiger partial charge in [-0.25, -0.2) is 14.2 Å². The van der Waals surface area contributed by atoms with Gasteiger partial charge in [0, 0.05) is 17.7 Å². The number of fused-ring (bicyclic) bond motifs is 1. The fourth-order valence-corrected chi connectivity index (χ4v) is 5.12. The maximum absolute atomic E-state index is 13.9. The lowest BCUT2D eigenvalue weighted by molar-refractivity contribution is 0.242. The highest BCUT2D eigenvalue weighted by atomic mass is 19.1. The Hall–Kier alpha value is -3.52. The van der Waals surface area contributed by atoms with E-state index in [4.69, 9.17) is 9.97 Å². The maximum atomic E-state index is 13.9. The van der Waals surface area contributed by atoms with Crippen LogP contribution in [0.5, 0.6) is 0 Å². The third-order valence-corrected chi connectivity index (χ3v) is 7.09. The second-order valence-corrected chi connectivity index (χ2v) is 9.60. The van der Waals surface area contributed by atoms with Gasteiger partial charge in [-0.15, -0.1) is 0 Å². The Morgan fingerprint density at radius 2 is 1.89 bits per heavy atom. The van der Waals surface area contributed by atoms with Crippen LogP contribution < -0.4 is 15.5 Å². The fourth-order valence-electron chi connectivity index (χ4n) is 5.12. The second kappa shape index (κ2) is 10.6. The summed E-state index contributed by atoms with van der Waals surface area (Å²) in [5.41, 5.74) is 4.17. The number of rotatable bonds is 8. The number of urea groups is 1. The van der Waals surface area contributed by atoms with Gasteiger partial charge in [0.25, 0.3) is 0 Å². The van der Waals surface area contributed by atoms with Crippen LogP contribution in [-0.2, 0) is 6.54 Å². The van der Waals surface area contributed by atoms with Crippen LogP contribution in [0.2, 0.25) is 0 Å². The third kappa shape index (κ3) is 5.04. The van der Waals surface area contributed by atoms with E-state index >= 15 is 0 Å². The summed E-state index contributed by atoms with van der Waals surface area (Å²) in [5.74, 6) is 0.784. The second-order valence-electron chi connectivity index (χ2n) is 9.60. The molecular formula is C28H33FN6O. The molecule has 0 aliphatic carbocycles. The Labute approximate surface area is 211 Å². The van der Waals surface area contributed by atoms with Crippen molar-refractivity contribution in [2.45, 2.75) is 45.7 Å². The van der Waals surface area contributed by atoms with Gasteiger partial charge in [0.05, 0.1) is 18.3 Å². The number of aryl methyl sites for hydroxylation is 1. The first kappa shape index (κ1) is 24.2. The molecule has 5 rings (SSSR count). The average Bonchev–Trinajstić information content (AvgIpc) is 3.40. The molecule has 1 saturated heterocycles. The summed E-state index contributed by atoms with van der Waals surface area (Å²) in [6, 6.07) is 14.2. The van der Waals surface area contributed by atoms with Crippen LogP contribution >= 0.6 is 0 Å². The summed E-state index contributed by atoms with van der Waals surface area (Å²) >= 11 is 0. The van der Waals surface area contributed by atoms with E-state index in [0.29, 0.717) is 24.0 Å². The van der Waals surface area contributed by atoms with Gasteiger partial charge < -0.3 is 15.5 Å². The van der Waals surface area contributed by atoms with Gasteiger partial charge in [-0.05, 0) is 82.1 Å². The van der Waals surface area contributed by atoms with Crippen molar-refractivity contribution in [2.24, 2.45) is 0 Å². The Kier molecular flexibility index (Phi) is 7.13. The van der Waals surface area contributed by atoms with Crippen molar-refractivity contribution in [3.05, 3.63) is 71.0 Å². The van der Waals surface area contributed by atoms with Gasteiger partial charge in [-0.1, -0.05) is 30.3 Å². The Bertz CT molecular complexity index is 1230. The molecule has 1 fully saturated rings. The van der Waals surface area contributed by atoms with E-state index in [1.54, 1.807) is 11.0 Å². The van der Waals surface area contributed by atoms with E-state index in [2.05, 4.69) is 15.5 Å². The topological polar surface area (TPSA) is 73.4 Å². The predicted molar refractivity (Wildman–Crippen MR) is 141 cm³/mol. The molecule has 0 radical (unpaired) electrons. The molecular weight excluding hydrogens is 455 g/mol. The first-order chi connectivity index (χ1) is 17.5. The highest BCUT2D eigenvalue weighted by molar-refractivity contribution is 5.96. The minimum Gasteiger partial charge on any atom is -0.354 e. The molecule has 1 atom stereocenters. The summed E-state index contributed by atoms with van der Waals surface area (Å²) in [6.45, 7) is 8.31. The number of halogens is 1. The number of aromatic nitrogens is 2. The molecule has 0 saturated carbocycles. The SMILES string of the molecule is Cc1cc(F)ccc1-c1nc(NCCCN2CCCC2)nc2c1CNC(=O)N2[C@@H](C)c1ccccc1. The number of amides is 2. The number of hydrogen-bond acceptors (Lipinski definition) is 5. The molecule has 188 valence electrons. The van der Waals surface area contributed by atoms with E-state index in [9.17, 15) is 9.18 Å². The molecule has 0 unspecified atom stereocenters. The number of carbonyl (C=O) groups is 1. The standard InChI is InChI=1S/C28H33FN6O/c1-19-17-22(29)11-12-23(19)25-24-18-31-28(36)35(20(2)21-9-4-3-5-10-21)26(24)33-27(32-25)30-13-8-16-34-14-6-7-15-34/h3-5,9-12,17,20H,6-8,13-16,18H2,1-2H3,(H,31,36)(H,30,32,33)/t20-/m0/s1. The highest BCUT2D eigenvalue weighted by Gasteiger charge is 2.33. The number of nitrogens with one attached hydrogen (secondary N) is 2. The van der Waals surface area contributed by atoms with Crippen LogP contribution in [0.15, 0.2) is 48.5 Å². The summed E-state index contributed by atoms with van der Waals surface area (Å²) in [4.78, 5) is 27.0. The van der Waals surface area contributed by atoms with Gasteiger partial charge in [-0.2, -0.15) is 4.98 Å². The molecule has 3 aromatic rings. The number of nitrogens with zero attached hydrogens (tertiary/aromatic N) is 4. The van der Waals surface area contributed by atoms with Crippen molar-refractivity contribution in [1.82, 2.24) is 20.2 Å². The zero-order valence-electron chi connectivity index (χ0n) is 20.9. The molecule has 2 aliphatic heterocycles. The monoisotopic (exact) mass is 488 g/mol. The average molecular weight is 489 g/mol. The van der Waals surface area contributed by atoms with Gasteiger partial charge >= 0.3 is 6.03 Å². The molecule has 0 bridgehead atoms. The maximum Gasteiger partial charge on any atom is 0.323 e. The number of carbonyl (C=O) groups excluding carboxylic acids is 1. The zero-order chi connectivity index (χ0) is 25.1. The van der Waals surface area contributed by atoms with Crippen LogP contribution in [0.4, 0.5) is 21.0 Å². The lowest BCUT2D eigenvalue weighted by Gasteiger charge is -2.35. The van der Waals surface area contributed by atoms with Crippen LogP contribution in [0.25, 0.3) is 11.3 Å². The van der Waals surface area contributed by atoms with Crippen molar-refractivity contribution in [3.8, 4) is 11.3 Å². The smallest absolute Gasteiger partial charge is 0.323 e. The van der Waals surface area contributed by atoms with E-state index in [0.717, 1.165) is 41.8 Å². The third-order valence-electron chi connectivity index (χ3n) is 7.09. The zero-order valence-corrected chi connectivity index (χ0v) is 20.9. The van der Waals surface area contributed by atoms with E-state index in [-0.39, 0.29) is 17.9 Å². The number of hydrogen-bond donors (Lipinski definition) is 2. The first-order valence-electron chi connectivity index (χ1n) is 12.8. The van der Waals surface area contributed by atoms with Crippen molar-refractivity contribution in [2.75, 3.05) is 36.4 Å². The first-order valence-corrected chi connectivity index (χ1v) is 12.8. The molecule has 8 heteroatoms. The van der Waals surface area contributed by atoms with Crippen LogP contribution in [0, 0.1) is 12.7 Å². The van der Waals surface area contributed by atoms with Crippen LogP contribution in [-0.4, -0.2) is 47.1 Å². The van der Waals surface area contributed by atoms with Crippen LogP contribution in [0.3, 0.4) is 0 Å². The quantitative estimate of drug-likeness (QED) is 0.422. The minimum atomic E-state index is -0.285. The van der Waals surface area contributed by atoms with Crippen molar-refractivity contribution >= 4 is 17.8 Å². The lowest BCUT2D eigenvalue weighted by Crippen LogP contribution is -2.46. The molecule has 7 nitrogen and oxygen atoms in total. The summed E-state index contributed by atoms with van der Waals surface area (Å²) in [7, 11) is 0. The number of anilines is 2. The minimum absolute atomic E-state index is 0.195.